The molecule has 0 spiro atoms. The molecule has 0 saturated carbocycles. The van der Waals surface area contributed by atoms with Crippen LogP contribution in [0.2, 0.25) is 0 Å². The van der Waals surface area contributed by atoms with Gasteiger partial charge in [-0.05, 0) is 108 Å². The van der Waals surface area contributed by atoms with Gasteiger partial charge in [-0.1, -0.05) is 24.3 Å². The Morgan fingerprint density at radius 3 is 1.10 bits per heavy atom. The van der Waals surface area contributed by atoms with Crippen LogP contribution in [0.15, 0.2) is 119 Å². The zero-order valence-corrected chi connectivity index (χ0v) is 27.8. The molecule has 0 aliphatic rings. The van der Waals surface area contributed by atoms with Crippen LogP contribution in [0.4, 0.5) is 28.4 Å². The average Bonchev–Trinajstić information content (AvgIpc) is 3.08. The first-order valence-corrected chi connectivity index (χ1v) is 17.5. The van der Waals surface area contributed by atoms with E-state index in [1.165, 1.54) is 72.8 Å². The van der Waals surface area contributed by atoms with Gasteiger partial charge in [0.15, 0.2) is 0 Å². The number of hydrogen-bond donors (Lipinski definition) is 5. The zero-order valence-electron chi connectivity index (χ0n) is 26.2. The Kier molecular flexibility index (Phi) is 10.3. The van der Waals surface area contributed by atoms with E-state index in [-0.39, 0.29) is 33.6 Å². The van der Waals surface area contributed by atoms with E-state index >= 15 is 0 Å². The summed E-state index contributed by atoms with van der Waals surface area (Å²) in [5.74, 6) is -1.65. The Bertz CT molecular complexity index is 2400. The summed E-state index contributed by atoms with van der Waals surface area (Å²) >= 11 is 0. The second-order valence-electron chi connectivity index (χ2n) is 10.9. The lowest BCUT2D eigenvalue weighted by Gasteiger charge is -2.15. The van der Waals surface area contributed by atoms with Gasteiger partial charge < -0.3 is 36.5 Å². The number of nitrogens with two attached hydrogens (primary N) is 2. The Morgan fingerprint density at radius 1 is 0.471 bits per heavy atom. The Hall–Kier alpha value is -6.33. The summed E-state index contributed by atoms with van der Waals surface area (Å²) in [6.07, 6.45) is 2.23. The second kappa shape index (κ2) is 14.7. The molecular formula is C35H27N5O9S2-2. The van der Waals surface area contributed by atoms with Crippen LogP contribution in [0.25, 0.3) is 12.2 Å². The molecule has 0 atom stereocenters. The molecule has 0 aliphatic carbocycles. The van der Waals surface area contributed by atoms with Crippen LogP contribution < -0.4 is 27.4 Å². The van der Waals surface area contributed by atoms with Crippen LogP contribution >= 0.6 is 0 Å². The summed E-state index contributed by atoms with van der Waals surface area (Å²) < 4.78 is 72.9. The number of carbonyl (C=O) groups excluding carboxylic acids is 3. The van der Waals surface area contributed by atoms with Crippen LogP contribution in [-0.2, 0) is 20.2 Å². The minimum atomic E-state index is -5.13. The highest BCUT2D eigenvalue weighted by Crippen LogP contribution is 2.27. The van der Waals surface area contributed by atoms with Crippen molar-refractivity contribution in [3.63, 3.8) is 0 Å². The molecule has 7 N–H and O–H groups in total. The molecule has 0 aromatic heterocycles. The highest BCUT2D eigenvalue weighted by Gasteiger charge is 2.15. The molecule has 0 aliphatic heterocycles. The Balaban J connectivity index is 1.33. The highest BCUT2D eigenvalue weighted by molar-refractivity contribution is 7.86. The minimum absolute atomic E-state index is 0.0103. The molecule has 0 bridgehead atoms. The fourth-order valence-electron chi connectivity index (χ4n) is 4.70. The third-order valence-electron chi connectivity index (χ3n) is 7.27. The van der Waals surface area contributed by atoms with Crippen molar-refractivity contribution in [2.24, 2.45) is 0 Å². The maximum atomic E-state index is 12.9. The standard InChI is InChI=1S/C35H29N5O9S2/c36-26-11-3-23(4-12-26)33(41)38-28-15-9-25(10-16-28)35(43)40-30-18-8-22(32(20-30)51(47,48)49)2-1-21-7-17-29(19-31(21)50(44,45)46)39-34(42)24-5-13-27(37)14-6-24/h1-20H,36-37H2,(H,38,41)(H,39,42)(H,40,43)(H,44,45,46)(H,47,48,49)/p-2. The molecule has 0 unspecified atom stereocenters. The molecule has 0 fully saturated rings. The molecule has 0 radical (unpaired) electrons. The summed E-state index contributed by atoms with van der Waals surface area (Å²) in [5, 5.41) is 7.68. The molecule has 0 heterocycles. The fourth-order valence-corrected chi connectivity index (χ4v) is 6.09. The van der Waals surface area contributed by atoms with Gasteiger partial charge in [0.05, 0.1) is 9.79 Å². The van der Waals surface area contributed by atoms with Crippen LogP contribution in [0.5, 0.6) is 0 Å². The lowest BCUT2D eigenvalue weighted by molar-refractivity contribution is 0.101. The SMILES string of the molecule is Nc1ccc(C(=O)Nc2ccc(C(=O)Nc3ccc(C=Cc4ccc(NC(=O)c5ccc(N)cc5)cc4S(=O)(=O)[O-])c(S(=O)(=O)[O-])c3)cc2)cc1. The molecule has 260 valence electrons. The summed E-state index contributed by atoms with van der Waals surface area (Å²) in [4.78, 5) is 36.5. The molecule has 5 aromatic rings. The van der Waals surface area contributed by atoms with Gasteiger partial charge in [-0.3, -0.25) is 14.4 Å². The second-order valence-corrected chi connectivity index (χ2v) is 13.6. The summed E-state index contributed by atoms with van der Waals surface area (Å²) in [5.41, 5.74) is 13.0. The number of anilines is 5. The summed E-state index contributed by atoms with van der Waals surface area (Å²) in [6.45, 7) is 0. The molecule has 3 amide bonds. The zero-order chi connectivity index (χ0) is 36.9. The predicted octanol–water partition coefficient (Wildman–Crippen LogP) is 4.59. The van der Waals surface area contributed by atoms with Crippen molar-refractivity contribution in [1.82, 2.24) is 0 Å². The predicted molar refractivity (Wildman–Crippen MR) is 190 cm³/mol. The van der Waals surface area contributed by atoms with E-state index in [2.05, 4.69) is 16.0 Å². The van der Waals surface area contributed by atoms with Crippen molar-refractivity contribution in [2.75, 3.05) is 27.4 Å². The van der Waals surface area contributed by atoms with E-state index < -0.39 is 47.7 Å². The molecule has 5 rings (SSSR count). The van der Waals surface area contributed by atoms with Gasteiger partial charge in [0.2, 0.25) is 0 Å². The fraction of sp³-hybridized carbons (Fsp3) is 0. The van der Waals surface area contributed by atoms with Crippen LogP contribution in [-0.4, -0.2) is 43.7 Å². The number of rotatable bonds is 10. The van der Waals surface area contributed by atoms with Gasteiger partial charge >= 0.3 is 0 Å². The number of carbonyl (C=O) groups is 3. The quantitative estimate of drug-likeness (QED) is 0.0756. The maximum absolute atomic E-state index is 12.9. The number of benzene rings is 5. The number of nitrogens with one attached hydrogen (secondary N) is 3. The van der Waals surface area contributed by atoms with Crippen LogP contribution in [0.3, 0.4) is 0 Å². The molecule has 5 aromatic carbocycles. The Labute approximate surface area is 292 Å². The van der Waals surface area contributed by atoms with Gasteiger partial charge in [0.25, 0.3) is 17.7 Å². The smallest absolute Gasteiger partial charge is 0.255 e. The third kappa shape index (κ3) is 9.22. The molecule has 51 heavy (non-hydrogen) atoms. The maximum Gasteiger partial charge on any atom is 0.255 e. The summed E-state index contributed by atoms with van der Waals surface area (Å²) in [7, 11) is -10.2. The normalized spacial score (nSPS) is 11.6. The first kappa shape index (κ1) is 36.0. The lowest BCUT2D eigenvalue weighted by atomic mass is 10.1. The Morgan fingerprint density at radius 2 is 0.765 bits per heavy atom. The molecular weight excluding hydrogens is 699 g/mol. The van der Waals surface area contributed by atoms with E-state index in [9.17, 15) is 40.3 Å². The summed E-state index contributed by atoms with van der Waals surface area (Å²) in [6, 6.07) is 25.0. The number of nitrogen functional groups attached to an aromatic ring is 2. The third-order valence-corrected chi connectivity index (χ3v) is 9.06. The molecule has 16 heteroatoms. The van der Waals surface area contributed by atoms with Crippen molar-refractivity contribution < 1.29 is 40.3 Å². The van der Waals surface area contributed by atoms with Crippen molar-refractivity contribution in [2.45, 2.75) is 9.79 Å². The van der Waals surface area contributed by atoms with E-state index in [1.807, 2.05) is 0 Å². The van der Waals surface area contributed by atoms with Gasteiger partial charge in [-0.25, -0.2) is 16.8 Å². The van der Waals surface area contributed by atoms with Crippen molar-refractivity contribution in [3.8, 4) is 0 Å². The van der Waals surface area contributed by atoms with Crippen molar-refractivity contribution in [1.29, 1.82) is 0 Å². The first-order chi connectivity index (χ1) is 24.1. The van der Waals surface area contributed by atoms with Crippen molar-refractivity contribution >= 4 is 78.5 Å². The van der Waals surface area contributed by atoms with Crippen LogP contribution in [0, 0.1) is 0 Å². The largest absolute Gasteiger partial charge is 0.744 e. The minimum Gasteiger partial charge on any atom is -0.744 e. The topological polar surface area (TPSA) is 254 Å². The first-order valence-electron chi connectivity index (χ1n) is 14.7. The average molecular weight is 726 g/mol. The van der Waals surface area contributed by atoms with Gasteiger partial charge in [0.1, 0.15) is 20.2 Å². The molecule has 0 saturated heterocycles. The van der Waals surface area contributed by atoms with E-state index in [0.717, 1.165) is 24.3 Å². The van der Waals surface area contributed by atoms with E-state index in [1.54, 1.807) is 24.3 Å². The lowest BCUT2D eigenvalue weighted by Crippen LogP contribution is -2.14. The molecule has 14 nitrogen and oxygen atoms in total. The van der Waals surface area contributed by atoms with Crippen molar-refractivity contribution in [3.05, 3.63) is 137 Å². The van der Waals surface area contributed by atoms with Gasteiger partial charge in [-0.15, -0.1) is 0 Å². The van der Waals surface area contributed by atoms with Gasteiger partial charge in [0, 0.05) is 45.1 Å². The van der Waals surface area contributed by atoms with E-state index in [0.29, 0.717) is 22.6 Å². The number of hydrogen-bond acceptors (Lipinski definition) is 11. The van der Waals surface area contributed by atoms with E-state index in [4.69, 9.17) is 11.5 Å². The number of amides is 3. The van der Waals surface area contributed by atoms with Gasteiger partial charge in [-0.2, -0.15) is 0 Å². The monoisotopic (exact) mass is 725 g/mol. The van der Waals surface area contributed by atoms with Crippen LogP contribution in [0.1, 0.15) is 42.2 Å². The highest BCUT2D eigenvalue weighted by atomic mass is 32.2.